The summed E-state index contributed by atoms with van der Waals surface area (Å²) in [4.78, 5) is 22.7. The Labute approximate surface area is 106 Å². The molecule has 0 radical (unpaired) electrons. The maximum Gasteiger partial charge on any atom is 0.339 e. The van der Waals surface area contributed by atoms with Crippen LogP contribution in [0.1, 0.15) is 55.1 Å². The van der Waals surface area contributed by atoms with Gasteiger partial charge < -0.3 is 10.1 Å². The lowest BCUT2D eigenvalue weighted by atomic mass is 10.0. The number of hydrogen-bond donors (Lipinski definition) is 1. The van der Waals surface area contributed by atoms with Gasteiger partial charge in [-0.25, -0.2) is 4.79 Å². The Bertz CT molecular complexity index is 482. The van der Waals surface area contributed by atoms with Crippen LogP contribution in [-0.2, 0) is 9.53 Å². The number of unbranched alkanes of at least 4 members (excludes halogenated alkanes) is 1. The van der Waals surface area contributed by atoms with Crippen molar-refractivity contribution < 1.29 is 14.3 Å². The normalized spacial score (nSPS) is 17.2. The van der Waals surface area contributed by atoms with Crippen molar-refractivity contribution in [3.8, 4) is 0 Å². The van der Waals surface area contributed by atoms with E-state index in [1.807, 2.05) is 6.07 Å². The number of nitrogens with one attached hydrogen (secondary N) is 1. The van der Waals surface area contributed by atoms with E-state index in [1.54, 1.807) is 12.1 Å². The molecule has 96 valence electrons. The van der Waals surface area contributed by atoms with E-state index in [9.17, 15) is 9.59 Å². The van der Waals surface area contributed by atoms with E-state index in [4.69, 9.17) is 4.74 Å². The predicted molar refractivity (Wildman–Crippen MR) is 68.4 cm³/mol. The zero-order valence-corrected chi connectivity index (χ0v) is 10.7. The third-order valence-corrected chi connectivity index (χ3v) is 3.01. The number of benzene rings is 1. The second kappa shape index (κ2) is 5.21. The summed E-state index contributed by atoms with van der Waals surface area (Å²) in [6.07, 6.45) is 2.84. The zero-order chi connectivity index (χ0) is 13.1. The highest BCUT2D eigenvalue weighted by Crippen LogP contribution is 2.35. The third kappa shape index (κ3) is 2.53. The lowest BCUT2D eigenvalue weighted by molar-refractivity contribution is -0.114. The molecule has 0 spiro atoms. The summed E-state index contributed by atoms with van der Waals surface area (Å²) in [5.74, 6) is -0.442. The van der Waals surface area contributed by atoms with Gasteiger partial charge in [0, 0.05) is 18.2 Å². The van der Waals surface area contributed by atoms with Crippen molar-refractivity contribution in [1.82, 2.24) is 0 Å². The Hall–Kier alpha value is -1.84. The molecule has 1 amide bonds. The maximum atomic E-state index is 11.7. The Morgan fingerprint density at radius 1 is 1.44 bits per heavy atom. The number of fused-ring (bicyclic) bond motifs is 1. The largest absolute Gasteiger partial charge is 0.454 e. The molecule has 1 unspecified atom stereocenters. The number of hydrogen-bond acceptors (Lipinski definition) is 3. The van der Waals surface area contributed by atoms with Gasteiger partial charge in [0.25, 0.3) is 0 Å². The summed E-state index contributed by atoms with van der Waals surface area (Å²) >= 11 is 0. The molecular weight excluding hydrogens is 230 g/mol. The van der Waals surface area contributed by atoms with Gasteiger partial charge in [0.2, 0.25) is 5.91 Å². The summed E-state index contributed by atoms with van der Waals surface area (Å²) in [7, 11) is 0. The Morgan fingerprint density at radius 3 is 2.89 bits per heavy atom. The van der Waals surface area contributed by atoms with E-state index in [-0.39, 0.29) is 18.0 Å². The molecule has 0 saturated carbocycles. The minimum atomic E-state index is -0.293. The second-order valence-corrected chi connectivity index (χ2v) is 4.52. The fourth-order valence-corrected chi connectivity index (χ4v) is 2.15. The summed E-state index contributed by atoms with van der Waals surface area (Å²) in [5.41, 5.74) is 2.14. The maximum absolute atomic E-state index is 11.7. The second-order valence-electron chi connectivity index (χ2n) is 4.52. The SMILES string of the molecule is CCCCC1OC(=O)c2cc(NC(C)=O)ccc21. The van der Waals surface area contributed by atoms with Gasteiger partial charge in [-0.3, -0.25) is 4.79 Å². The first kappa shape index (κ1) is 12.6. The van der Waals surface area contributed by atoms with Gasteiger partial charge in [-0.15, -0.1) is 0 Å². The highest BCUT2D eigenvalue weighted by Gasteiger charge is 2.30. The molecule has 1 atom stereocenters. The molecule has 1 aromatic rings. The quantitative estimate of drug-likeness (QED) is 0.832. The van der Waals surface area contributed by atoms with Gasteiger partial charge in [-0.1, -0.05) is 19.4 Å². The van der Waals surface area contributed by atoms with Crippen LogP contribution in [0.5, 0.6) is 0 Å². The number of carbonyl (C=O) groups is 2. The first-order valence-electron chi connectivity index (χ1n) is 6.24. The molecule has 0 bridgehead atoms. The lowest BCUT2D eigenvalue weighted by Gasteiger charge is -2.09. The van der Waals surface area contributed by atoms with Gasteiger partial charge in [0.1, 0.15) is 6.10 Å². The van der Waals surface area contributed by atoms with E-state index in [1.165, 1.54) is 6.92 Å². The fraction of sp³-hybridized carbons (Fsp3) is 0.429. The molecule has 1 heterocycles. The highest BCUT2D eigenvalue weighted by atomic mass is 16.5. The highest BCUT2D eigenvalue weighted by molar-refractivity contribution is 5.97. The first-order valence-corrected chi connectivity index (χ1v) is 6.24. The average Bonchev–Trinajstić information content (AvgIpc) is 2.63. The zero-order valence-electron chi connectivity index (χ0n) is 10.7. The van der Waals surface area contributed by atoms with Gasteiger partial charge in [0.15, 0.2) is 0 Å². The van der Waals surface area contributed by atoms with E-state index in [2.05, 4.69) is 12.2 Å². The molecule has 1 aliphatic rings. The molecule has 0 saturated heterocycles. The number of esters is 1. The molecule has 4 nitrogen and oxygen atoms in total. The number of carbonyl (C=O) groups excluding carboxylic acids is 2. The minimum absolute atomic E-state index is 0.126. The van der Waals surface area contributed by atoms with E-state index >= 15 is 0 Å². The smallest absolute Gasteiger partial charge is 0.339 e. The Balaban J connectivity index is 2.22. The van der Waals surface area contributed by atoms with Crippen molar-refractivity contribution in [2.24, 2.45) is 0 Å². The predicted octanol–water partition coefficient (Wildman–Crippen LogP) is 3.05. The van der Waals surface area contributed by atoms with Crippen molar-refractivity contribution in [1.29, 1.82) is 0 Å². The minimum Gasteiger partial charge on any atom is -0.454 e. The number of anilines is 1. The topological polar surface area (TPSA) is 55.4 Å². The standard InChI is InChI=1S/C14H17NO3/c1-3-4-5-13-11-7-6-10(15-9(2)16)8-12(11)14(17)18-13/h6-8,13H,3-5H2,1-2H3,(H,15,16). The van der Waals surface area contributed by atoms with Crippen LogP contribution in [0, 0.1) is 0 Å². The fourth-order valence-electron chi connectivity index (χ4n) is 2.15. The van der Waals surface area contributed by atoms with Crippen LogP contribution in [0.4, 0.5) is 5.69 Å². The molecular formula is C14H17NO3. The van der Waals surface area contributed by atoms with Crippen molar-refractivity contribution in [3.63, 3.8) is 0 Å². The molecule has 0 aliphatic carbocycles. The molecule has 18 heavy (non-hydrogen) atoms. The summed E-state index contributed by atoms with van der Waals surface area (Å²) in [5, 5.41) is 2.67. The van der Waals surface area contributed by atoms with E-state index in [0.717, 1.165) is 24.8 Å². The van der Waals surface area contributed by atoms with Crippen LogP contribution >= 0.6 is 0 Å². The lowest BCUT2D eigenvalue weighted by Crippen LogP contribution is -2.06. The van der Waals surface area contributed by atoms with Crippen LogP contribution in [0.3, 0.4) is 0 Å². The van der Waals surface area contributed by atoms with Crippen molar-refractivity contribution in [2.75, 3.05) is 5.32 Å². The van der Waals surface area contributed by atoms with Gasteiger partial charge in [-0.2, -0.15) is 0 Å². The summed E-state index contributed by atoms with van der Waals surface area (Å²) in [6, 6.07) is 5.36. The molecule has 0 aromatic heterocycles. The van der Waals surface area contributed by atoms with Crippen molar-refractivity contribution in [3.05, 3.63) is 29.3 Å². The van der Waals surface area contributed by atoms with Crippen LogP contribution in [0.25, 0.3) is 0 Å². The monoisotopic (exact) mass is 247 g/mol. The van der Waals surface area contributed by atoms with Crippen LogP contribution < -0.4 is 5.32 Å². The van der Waals surface area contributed by atoms with Gasteiger partial charge in [0.05, 0.1) is 5.56 Å². The Kier molecular flexibility index (Phi) is 3.65. The van der Waals surface area contributed by atoms with E-state index < -0.39 is 0 Å². The molecule has 2 rings (SSSR count). The molecule has 1 aliphatic heterocycles. The van der Waals surface area contributed by atoms with Crippen LogP contribution in [0.2, 0.25) is 0 Å². The molecule has 4 heteroatoms. The van der Waals surface area contributed by atoms with Crippen LogP contribution in [-0.4, -0.2) is 11.9 Å². The summed E-state index contributed by atoms with van der Waals surface area (Å²) in [6.45, 7) is 3.55. The number of amides is 1. The molecule has 1 N–H and O–H groups in total. The number of ether oxygens (including phenoxy) is 1. The summed E-state index contributed by atoms with van der Waals surface area (Å²) < 4.78 is 5.34. The third-order valence-electron chi connectivity index (χ3n) is 3.01. The number of cyclic esters (lactones) is 1. The van der Waals surface area contributed by atoms with Gasteiger partial charge in [-0.05, 0) is 25.0 Å². The van der Waals surface area contributed by atoms with Crippen molar-refractivity contribution in [2.45, 2.75) is 39.2 Å². The van der Waals surface area contributed by atoms with Crippen LogP contribution in [0.15, 0.2) is 18.2 Å². The Morgan fingerprint density at radius 2 is 2.22 bits per heavy atom. The number of rotatable bonds is 4. The molecule has 0 fully saturated rings. The van der Waals surface area contributed by atoms with E-state index in [0.29, 0.717) is 11.3 Å². The van der Waals surface area contributed by atoms with Gasteiger partial charge >= 0.3 is 5.97 Å². The molecule has 1 aromatic carbocycles. The van der Waals surface area contributed by atoms with Crippen molar-refractivity contribution >= 4 is 17.6 Å². The average molecular weight is 247 g/mol. The first-order chi connectivity index (χ1) is 8.61.